The maximum atomic E-state index is 4.50. The Morgan fingerprint density at radius 1 is 1.06 bits per heavy atom. The number of pyridine rings is 1. The van der Waals surface area contributed by atoms with Crippen molar-refractivity contribution in [3.8, 4) is 11.1 Å². The molecule has 0 radical (unpaired) electrons. The van der Waals surface area contributed by atoms with Crippen LogP contribution in [0.2, 0.25) is 0 Å². The monoisotopic (exact) mass is 229 g/mol. The molecule has 0 bridgehead atoms. The van der Waals surface area contributed by atoms with Crippen LogP contribution >= 0.6 is 11.8 Å². The molecule has 1 aromatic carbocycles. The molecule has 1 atom stereocenters. The van der Waals surface area contributed by atoms with Crippen molar-refractivity contribution in [1.29, 1.82) is 0 Å². The molecule has 0 aliphatic heterocycles. The molecule has 1 heterocycles. The summed E-state index contributed by atoms with van der Waals surface area (Å²) in [4.78, 5) is 4.50. The Hall–Kier alpha value is -1.28. The highest BCUT2D eigenvalue weighted by Gasteiger charge is 2.11. The lowest BCUT2D eigenvalue weighted by Crippen LogP contribution is -1.95. The zero-order chi connectivity index (χ0) is 11.4. The van der Waals surface area contributed by atoms with Gasteiger partial charge in [-0.15, -0.1) is 0 Å². The van der Waals surface area contributed by atoms with E-state index in [2.05, 4.69) is 48.5 Å². The van der Waals surface area contributed by atoms with Crippen molar-refractivity contribution in [3.05, 3.63) is 54.4 Å². The second-order valence-corrected chi connectivity index (χ2v) is 4.86. The molecule has 0 aliphatic rings. The van der Waals surface area contributed by atoms with Crippen molar-refractivity contribution in [3.63, 3.8) is 0 Å². The lowest BCUT2D eigenvalue weighted by molar-refractivity contribution is 1.01. The summed E-state index contributed by atoms with van der Waals surface area (Å²) in [5.41, 5.74) is 3.65. The fourth-order valence-electron chi connectivity index (χ4n) is 1.71. The van der Waals surface area contributed by atoms with Gasteiger partial charge in [0.25, 0.3) is 0 Å². The van der Waals surface area contributed by atoms with Crippen molar-refractivity contribution in [2.75, 3.05) is 6.26 Å². The van der Waals surface area contributed by atoms with Gasteiger partial charge >= 0.3 is 0 Å². The smallest absolute Gasteiger partial charge is 0.0608 e. The molecule has 16 heavy (non-hydrogen) atoms. The molecule has 82 valence electrons. The minimum Gasteiger partial charge on any atom is -0.259 e. The quantitative estimate of drug-likeness (QED) is 0.783. The Bertz CT molecular complexity index is 453. The van der Waals surface area contributed by atoms with Gasteiger partial charge in [-0.3, -0.25) is 4.98 Å². The van der Waals surface area contributed by atoms with E-state index >= 15 is 0 Å². The van der Waals surface area contributed by atoms with Gasteiger partial charge in [-0.2, -0.15) is 11.8 Å². The standard InChI is InChI=1S/C14H15NS/c1-11(16-2)14-13(9-6-10-15-14)12-7-4-3-5-8-12/h3-11H,1-2H3. The van der Waals surface area contributed by atoms with Gasteiger partial charge in [0.1, 0.15) is 0 Å². The number of thioether (sulfide) groups is 1. The Morgan fingerprint density at radius 2 is 1.81 bits per heavy atom. The number of aromatic nitrogens is 1. The predicted molar refractivity (Wildman–Crippen MR) is 71.6 cm³/mol. The van der Waals surface area contributed by atoms with Gasteiger partial charge in [0.15, 0.2) is 0 Å². The van der Waals surface area contributed by atoms with Crippen LogP contribution in [0, 0.1) is 0 Å². The number of hydrogen-bond donors (Lipinski definition) is 0. The van der Waals surface area contributed by atoms with Crippen LogP contribution in [0.5, 0.6) is 0 Å². The Balaban J connectivity index is 2.49. The van der Waals surface area contributed by atoms with Crippen molar-refractivity contribution >= 4 is 11.8 Å². The third-order valence-electron chi connectivity index (χ3n) is 2.66. The summed E-state index contributed by atoms with van der Waals surface area (Å²) in [5, 5.41) is 0.427. The first kappa shape index (κ1) is 11.2. The average Bonchev–Trinajstić information content (AvgIpc) is 2.39. The summed E-state index contributed by atoms with van der Waals surface area (Å²) >= 11 is 1.82. The van der Waals surface area contributed by atoms with Gasteiger partial charge in [0.05, 0.1) is 5.69 Å². The van der Waals surface area contributed by atoms with E-state index in [0.29, 0.717) is 5.25 Å². The number of nitrogens with zero attached hydrogens (tertiary/aromatic N) is 1. The predicted octanol–water partition coefficient (Wildman–Crippen LogP) is 4.17. The minimum absolute atomic E-state index is 0.427. The molecule has 0 N–H and O–H groups in total. The van der Waals surface area contributed by atoms with Crippen LogP contribution in [0.4, 0.5) is 0 Å². The molecule has 0 amide bonds. The average molecular weight is 229 g/mol. The molecule has 2 heteroatoms. The van der Waals surface area contributed by atoms with Crippen LogP contribution in [0.1, 0.15) is 17.9 Å². The first-order valence-electron chi connectivity index (χ1n) is 5.36. The molecule has 0 saturated heterocycles. The fraction of sp³-hybridized carbons (Fsp3) is 0.214. The van der Waals surface area contributed by atoms with E-state index in [1.165, 1.54) is 16.8 Å². The fourth-order valence-corrected chi connectivity index (χ4v) is 2.13. The second-order valence-electron chi connectivity index (χ2n) is 3.68. The molecule has 2 aromatic rings. The largest absolute Gasteiger partial charge is 0.259 e. The van der Waals surface area contributed by atoms with Crippen molar-refractivity contribution in [2.24, 2.45) is 0 Å². The number of rotatable bonds is 3. The highest BCUT2D eigenvalue weighted by molar-refractivity contribution is 7.98. The van der Waals surface area contributed by atoms with Gasteiger partial charge in [-0.05, 0) is 24.8 Å². The minimum atomic E-state index is 0.427. The summed E-state index contributed by atoms with van der Waals surface area (Å²) in [7, 11) is 0. The molecule has 0 spiro atoms. The zero-order valence-electron chi connectivity index (χ0n) is 9.55. The van der Waals surface area contributed by atoms with Crippen molar-refractivity contribution in [2.45, 2.75) is 12.2 Å². The zero-order valence-corrected chi connectivity index (χ0v) is 10.4. The molecule has 1 nitrogen and oxygen atoms in total. The number of hydrogen-bond acceptors (Lipinski definition) is 2. The van der Waals surface area contributed by atoms with Crippen molar-refractivity contribution in [1.82, 2.24) is 4.98 Å². The first-order valence-corrected chi connectivity index (χ1v) is 6.65. The summed E-state index contributed by atoms with van der Waals surface area (Å²) < 4.78 is 0. The van der Waals surface area contributed by atoms with E-state index in [1.807, 2.05) is 30.1 Å². The SMILES string of the molecule is CSC(C)c1ncccc1-c1ccccc1. The van der Waals surface area contributed by atoms with E-state index in [1.54, 1.807) is 0 Å². The topological polar surface area (TPSA) is 12.9 Å². The van der Waals surface area contributed by atoms with Crippen LogP contribution in [-0.4, -0.2) is 11.2 Å². The van der Waals surface area contributed by atoms with E-state index < -0.39 is 0 Å². The summed E-state index contributed by atoms with van der Waals surface area (Å²) in [6, 6.07) is 14.6. The molecular formula is C14H15NS. The summed E-state index contributed by atoms with van der Waals surface area (Å²) in [6.45, 7) is 2.19. The third-order valence-corrected chi connectivity index (χ3v) is 3.59. The first-order chi connectivity index (χ1) is 7.83. The van der Waals surface area contributed by atoms with Gasteiger partial charge < -0.3 is 0 Å². The molecular weight excluding hydrogens is 214 g/mol. The van der Waals surface area contributed by atoms with E-state index in [0.717, 1.165) is 0 Å². The highest BCUT2D eigenvalue weighted by atomic mass is 32.2. The Kier molecular flexibility index (Phi) is 3.62. The van der Waals surface area contributed by atoms with Crippen LogP contribution in [0.15, 0.2) is 48.7 Å². The number of benzene rings is 1. The van der Waals surface area contributed by atoms with E-state index in [-0.39, 0.29) is 0 Å². The Morgan fingerprint density at radius 3 is 2.50 bits per heavy atom. The van der Waals surface area contributed by atoms with Crippen LogP contribution in [0.25, 0.3) is 11.1 Å². The van der Waals surface area contributed by atoms with Crippen LogP contribution < -0.4 is 0 Å². The normalized spacial score (nSPS) is 12.4. The molecule has 0 fully saturated rings. The van der Waals surface area contributed by atoms with Gasteiger partial charge in [-0.25, -0.2) is 0 Å². The summed E-state index contributed by atoms with van der Waals surface area (Å²) in [5.74, 6) is 0. The third kappa shape index (κ3) is 2.27. The lowest BCUT2D eigenvalue weighted by atomic mass is 10.0. The molecule has 1 unspecified atom stereocenters. The summed E-state index contributed by atoms with van der Waals surface area (Å²) in [6.07, 6.45) is 3.99. The van der Waals surface area contributed by atoms with Gasteiger partial charge in [0, 0.05) is 17.0 Å². The highest BCUT2D eigenvalue weighted by Crippen LogP contribution is 2.32. The molecule has 0 aliphatic carbocycles. The van der Waals surface area contributed by atoms with Crippen molar-refractivity contribution < 1.29 is 0 Å². The van der Waals surface area contributed by atoms with Gasteiger partial charge in [-0.1, -0.05) is 36.4 Å². The van der Waals surface area contributed by atoms with E-state index in [9.17, 15) is 0 Å². The van der Waals surface area contributed by atoms with Crippen LogP contribution in [0.3, 0.4) is 0 Å². The Labute approximate surface area is 101 Å². The second kappa shape index (κ2) is 5.17. The van der Waals surface area contributed by atoms with Crippen LogP contribution in [-0.2, 0) is 0 Å². The maximum absolute atomic E-state index is 4.50. The van der Waals surface area contributed by atoms with Gasteiger partial charge in [0.2, 0.25) is 0 Å². The molecule has 0 saturated carbocycles. The van der Waals surface area contributed by atoms with E-state index in [4.69, 9.17) is 0 Å². The maximum Gasteiger partial charge on any atom is 0.0608 e. The molecule has 1 aromatic heterocycles. The lowest BCUT2D eigenvalue weighted by Gasteiger charge is -2.13. The molecule has 2 rings (SSSR count).